The van der Waals surface area contributed by atoms with Gasteiger partial charge in [0.25, 0.3) is 0 Å². The fraction of sp³-hybridized carbons (Fsp3) is 0.733. The molecule has 0 saturated carbocycles. The zero-order valence-electron chi connectivity index (χ0n) is 12.1. The fourth-order valence-corrected chi connectivity index (χ4v) is 3.80. The number of carbonyl (C=O) groups excluding carboxylic acids is 1. The molecule has 0 aromatic carbocycles. The van der Waals surface area contributed by atoms with Gasteiger partial charge in [-0.15, -0.1) is 22.9 Å². The van der Waals surface area contributed by atoms with Gasteiger partial charge in [-0.05, 0) is 18.8 Å². The van der Waals surface area contributed by atoms with Crippen LogP contribution in [0.5, 0.6) is 0 Å². The molecule has 1 atom stereocenters. The maximum absolute atomic E-state index is 12.1. The predicted octanol–water partition coefficient (Wildman–Crippen LogP) is 3.85. The van der Waals surface area contributed by atoms with E-state index in [1.54, 1.807) is 11.3 Å². The molecule has 1 aromatic heterocycles. The third-order valence-corrected chi connectivity index (χ3v) is 5.19. The van der Waals surface area contributed by atoms with Gasteiger partial charge in [0.15, 0.2) is 0 Å². The minimum atomic E-state index is 0.317. The summed E-state index contributed by atoms with van der Waals surface area (Å²) >= 11 is 7.40. The Labute approximate surface area is 130 Å². The molecule has 0 spiro atoms. The first-order valence-electron chi connectivity index (χ1n) is 7.50. The van der Waals surface area contributed by atoms with Crippen LogP contribution < -0.4 is 0 Å². The van der Waals surface area contributed by atoms with E-state index in [1.165, 1.54) is 12.8 Å². The Balaban J connectivity index is 1.83. The number of thiazole rings is 1. The number of aromatic nitrogens is 1. The van der Waals surface area contributed by atoms with Crippen LogP contribution in [0.2, 0.25) is 0 Å². The van der Waals surface area contributed by atoms with E-state index in [1.807, 2.05) is 10.3 Å². The van der Waals surface area contributed by atoms with Crippen LogP contribution in [0.25, 0.3) is 0 Å². The van der Waals surface area contributed by atoms with Gasteiger partial charge < -0.3 is 4.90 Å². The normalized spacial score (nSPS) is 20.2. The number of rotatable bonds is 6. The zero-order valence-corrected chi connectivity index (χ0v) is 13.7. The Morgan fingerprint density at radius 3 is 3.05 bits per heavy atom. The number of likely N-dealkylation sites (tertiary alicyclic amines) is 1. The summed E-state index contributed by atoms with van der Waals surface area (Å²) in [5.74, 6) is 1.52. The smallest absolute Gasteiger partial charge is 0.222 e. The minimum absolute atomic E-state index is 0.317. The Morgan fingerprint density at radius 1 is 1.50 bits per heavy atom. The lowest BCUT2D eigenvalue weighted by Crippen LogP contribution is -2.32. The van der Waals surface area contributed by atoms with Crippen molar-refractivity contribution in [3.63, 3.8) is 0 Å². The van der Waals surface area contributed by atoms with Crippen molar-refractivity contribution < 1.29 is 4.79 Å². The highest BCUT2D eigenvalue weighted by Gasteiger charge is 2.21. The molecular weight excluding hydrogens is 292 g/mol. The molecule has 1 saturated heterocycles. The maximum atomic E-state index is 12.1. The van der Waals surface area contributed by atoms with Gasteiger partial charge in [-0.25, -0.2) is 4.98 Å². The SMILES string of the molecule is CCCC1CCC(=O)N(CCc2nc(CCl)cs2)CC1. The lowest BCUT2D eigenvalue weighted by Gasteiger charge is -2.20. The molecule has 1 unspecified atom stereocenters. The summed E-state index contributed by atoms with van der Waals surface area (Å²) in [7, 11) is 0. The number of carbonyl (C=O) groups is 1. The average molecular weight is 315 g/mol. The van der Waals surface area contributed by atoms with E-state index in [2.05, 4.69) is 11.9 Å². The quantitative estimate of drug-likeness (QED) is 0.747. The van der Waals surface area contributed by atoms with E-state index in [4.69, 9.17) is 11.6 Å². The van der Waals surface area contributed by atoms with Crippen molar-refractivity contribution >= 4 is 28.8 Å². The molecule has 1 aliphatic rings. The molecule has 1 fully saturated rings. The Hall–Kier alpha value is -0.610. The van der Waals surface area contributed by atoms with E-state index in [9.17, 15) is 4.79 Å². The zero-order chi connectivity index (χ0) is 14.4. The van der Waals surface area contributed by atoms with Crippen molar-refractivity contribution in [1.29, 1.82) is 0 Å². The van der Waals surface area contributed by atoms with E-state index in [-0.39, 0.29) is 0 Å². The first-order chi connectivity index (χ1) is 9.72. The molecule has 1 aliphatic heterocycles. The minimum Gasteiger partial charge on any atom is -0.342 e. The highest BCUT2D eigenvalue weighted by atomic mass is 35.5. The summed E-state index contributed by atoms with van der Waals surface area (Å²) in [6, 6.07) is 0. The van der Waals surface area contributed by atoms with Crippen molar-refractivity contribution in [3.8, 4) is 0 Å². The number of nitrogens with zero attached hydrogens (tertiary/aromatic N) is 2. The van der Waals surface area contributed by atoms with Gasteiger partial charge >= 0.3 is 0 Å². The standard InChI is InChI=1S/C15H23ClN2OS/c1-2-3-12-4-5-15(19)18(8-6-12)9-7-14-17-13(10-16)11-20-14/h11-12H,2-10H2,1H3. The number of hydrogen-bond acceptors (Lipinski definition) is 3. The molecule has 0 aliphatic carbocycles. The molecule has 5 heteroatoms. The van der Waals surface area contributed by atoms with E-state index in [0.717, 1.165) is 55.4 Å². The number of hydrogen-bond donors (Lipinski definition) is 0. The second-order valence-corrected chi connectivity index (χ2v) is 6.69. The molecule has 2 heterocycles. The highest BCUT2D eigenvalue weighted by molar-refractivity contribution is 7.09. The molecule has 0 bridgehead atoms. The van der Waals surface area contributed by atoms with Crippen molar-refractivity contribution in [2.75, 3.05) is 13.1 Å². The summed E-state index contributed by atoms with van der Waals surface area (Å²) in [4.78, 5) is 18.6. The van der Waals surface area contributed by atoms with Crippen molar-refractivity contribution in [1.82, 2.24) is 9.88 Å². The second kappa shape index (κ2) is 7.99. The summed E-state index contributed by atoms with van der Waals surface area (Å²) in [5.41, 5.74) is 0.942. The third kappa shape index (κ3) is 4.45. The lowest BCUT2D eigenvalue weighted by atomic mass is 9.96. The van der Waals surface area contributed by atoms with E-state index in [0.29, 0.717) is 11.8 Å². The van der Waals surface area contributed by atoms with Gasteiger partial charge in [-0.2, -0.15) is 0 Å². The van der Waals surface area contributed by atoms with Gasteiger partial charge in [-0.1, -0.05) is 19.8 Å². The highest BCUT2D eigenvalue weighted by Crippen LogP contribution is 2.23. The van der Waals surface area contributed by atoms with E-state index >= 15 is 0 Å². The van der Waals surface area contributed by atoms with Crippen molar-refractivity contribution in [2.24, 2.45) is 5.92 Å². The molecule has 1 aromatic rings. The average Bonchev–Trinajstić information content (AvgIpc) is 2.85. The second-order valence-electron chi connectivity index (χ2n) is 5.48. The molecular formula is C15H23ClN2OS. The largest absolute Gasteiger partial charge is 0.342 e. The topological polar surface area (TPSA) is 33.2 Å². The van der Waals surface area contributed by atoms with Crippen molar-refractivity contribution in [2.45, 2.75) is 51.3 Å². The number of halogens is 1. The van der Waals surface area contributed by atoms with Crippen LogP contribution >= 0.6 is 22.9 Å². The number of alkyl halides is 1. The van der Waals surface area contributed by atoms with E-state index < -0.39 is 0 Å². The monoisotopic (exact) mass is 314 g/mol. The molecule has 3 nitrogen and oxygen atoms in total. The predicted molar refractivity (Wildman–Crippen MR) is 84.2 cm³/mol. The van der Waals surface area contributed by atoms with Gasteiger partial charge in [0.1, 0.15) is 0 Å². The third-order valence-electron chi connectivity index (χ3n) is 3.96. The molecule has 2 rings (SSSR count). The Bertz CT molecular complexity index is 435. The van der Waals surface area contributed by atoms with Crippen LogP contribution in [-0.2, 0) is 17.1 Å². The van der Waals surface area contributed by atoms with Gasteiger partial charge in [0.05, 0.1) is 16.6 Å². The molecule has 0 radical (unpaired) electrons. The van der Waals surface area contributed by atoms with Gasteiger partial charge in [-0.3, -0.25) is 4.79 Å². The Kier molecular flexibility index (Phi) is 6.30. The summed E-state index contributed by atoms with van der Waals surface area (Å²) in [5, 5.41) is 3.09. The lowest BCUT2D eigenvalue weighted by molar-refractivity contribution is -0.130. The molecule has 0 N–H and O–H groups in total. The fourth-order valence-electron chi connectivity index (χ4n) is 2.78. The van der Waals surface area contributed by atoms with Crippen LogP contribution in [0.3, 0.4) is 0 Å². The van der Waals surface area contributed by atoms with Crippen LogP contribution in [0.15, 0.2) is 5.38 Å². The van der Waals surface area contributed by atoms with Crippen LogP contribution in [0.4, 0.5) is 0 Å². The molecule has 20 heavy (non-hydrogen) atoms. The molecule has 112 valence electrons. The van der Waals surface area contributed by atoms with Gasteiger partial charge in [0, 0.05) is 31.3 Å². The van der Waals surface area contributed by atoms with Crippen LogP contribution in [-0.4, -0.2) is 28.9 Å². The summed E-state index contributed by atoms with van der Waals surface area (Å²) < 4.78 is 0. The number of amides is 1. The van der Waals surface area contributed by atoms with Crippen LogP contribution in [0, 0.1) is 5.92 Å². The summed E-state index contributed by atoms with van der Waals surface area (Å²) in [6.45, 7) is 3.94. The van der Waals surface area contributed by atoms with Crippen molar-refractivity contribution in [3.05, 3.63) is 16.1 Å². The first kappa shape index (κ1) is 15.8. The summed E-state index contributed by atoms with van der Waals surface area (Å²) in [6.07, 6.45) is 6.27. The van der Waals surface area contributed by atoms with Crippen LogP contribution in [0.1, 0.15) is 49.7 Å². The maximum Gasteiger partial charge on any atom is 0.222 e. The van der Waals surface area contributed by atoms with Gasteiger partial charge in [0.2, 0.25) is 5.91 Å². The Morgan fingerprint density at radius 2 is 2.35 bits per heavy atom. The molecule has 1 amide bonds. The first-order valence-corrected chi connectivity index (χ1v) is 8.91.